The van der Waals surface area contributed by atoms with Crippen LogP contribution in [-0.4, -0.2) is 56.3 Å². The van der Waals surface area contributed by atoms with Crippen molar-refractivity contribution in [2.24, 2.45) is 0 Å². The number of amides is 1. The topological polar surface area (TPSA) is 93.8 Å². The summed E-state index contributed by atoms with van der Waals surface area (Å²) in [6, 6.07) is 9.47. The molecule has 0 saturated carbocycles. The minimum Gasteiger partial charge on any atom is -0.378 e. The van der Waals surface area contributed by atoms with Crippen LogP contribution in [-0.2, 0) is 16.1 Å². The molecule has 146 valence electrons. The highest BCUT2D eigenvalue weighted by molar-refractivity contribution is 5.76. The molecule has 1 aliphatic rings. The quantitative estimate of drug-likeness (QED) is 0.727. The number of fused-ring (bicyclic) bond motifs is 1. The smallest absolute Gasteiger partial charge is 0.353 e. The van der Waals surface area contributed by atoms with Crippen LogP contribution in [0.2, 0.25) is 0 Å². The Balaban J connectivity index is 1.69. The molecule has 28 heavy (non-hydrogen) atoms. The molecule has 1 aromatic carbocycles. The number of aromatic nitrogens is 4. The molecule has 3 heterocycles. The summed E-state index contributed by atoms with van der Waals surface area (Å²) >= 11 is 0. The van der Waals surface area contributed by atoms with Crippen molar-refractivity contribution >= 4 is 23.2 Å². The van der Waals surface area contributed by atoms with Gasteiger partial charge in [0, 0.05) is 30.5 Å². The Morgan fingerprint density at radius 1 is 1.21 bits per heavy atom. The van der Waals surface area contributed by atoms with Gasteiger partial charge in [0.25, 0.3) is 0 Å². The number of anilines is 2. The standard InChI is InChI=1S/C19H22N6O3/c1-13-5-3-4-6-15(13)21-18-20-14(2)11-16-22-24(19(27)25(16)18)12-17(26)23-7-9-28-10-8-23/h3-6,11H,7-10,12H2,1-2H3,(H,20,21). The summed E-state index contributed by atoms with van der Waals surface area (Å²) in [7, 11) is 0. The van der Waals surface area contributed by atoms with Crippen molar-refractivity contribution in [3.63, 3.8) is 0 Å². The molecule has 1 amide bonds. The van der Waals surface area contributed by atoms with E-state index in [-0.39, 0.29) is 12.5 Å². The molecule has 0 bridgehead atoms. The van der Waals surface area contributed by atoms with E-state index >= 15 is 0 Å². The third-order valence-corrected chi connectivity index (χ3v) is 4.74. The van der Waals surface area contributed by atoms with E-state index in [1.807, 2.05) is 38.1 Å². The fraction of sp³-hybridized carbons (Fsp3) is 0.368. The molecule has 0 radical (unpaired) electrons. The van der Waals surface area contributed by atoms with E-state index in [0.29, 0.717) is 37.9 Å². The molecular formula is C19H22N6O3. The summed E-state index contributed by atoms with van der Waals surface area (Å²) < 4.78 is 7.85. The number of nitrogens with zero attached hydrogens (tertiary/aromatic N) is 5. The number of carbonyl (C=O) groups excluding carboxylic acids is 1. The van der Waals surface area contributed by atoms with Gasteiger partial charge in [0.15, 0.2) is 5.65 Å². The Morgan fingerprint density at radius 2 is 1.96 bits per heavy atom. The molecule has 0 unspecified atom stereocenters. The van der Waals surface area contributed by atoms with Crippen LogP contribution in [0.4, 0.5) is 11.6 Å². The largest absolute Gasteiger partial charge is 0.378 e. The van der Waals surface area contributed by atoms with Crippen molar-refractivity contribution in [3.05, 3.63) is 52.1 Å². The van der Waals surface area contributed by atoms with Gasteiger partial charge in [-0.05, 0) is 25.5 Å². The van der Waals surface area contributed by atoms with E-state index in [0.717, 1.165) is 16.9 Å². The average molecular weight is 382 g/mol. The minimum atomic E-state index is -0.403. The first-order valence-electron chi connectivity index (χ1n) is 9.18. The van der Waals surface area contributed by atoms with Gasteiger partial charge in [-0.25, -0.2) is 18.9 Å². The lowest BCUT2D eigenvalue weighted by Gasteiger charge is -2.26. The molecule has 1 saturated heterocycles. The molecule has 0 atom stereocenters. The van der Waals surface area contributed by atoms with Crippen molar-refractivity contribution in [2.45, 2.75) is 20.4 Å². The first-order chi connectivity index (χ1) is 13.5. The molecule has 3 aromatic rings. The van der Waals surface area contributed by atoms with Gasteiger partial charge < -0.3 is 15.0 Å². The van der Waals surface area contributed by atoms with Crippen LogP contribution in [0.25, 0.3) is 5.65 Å². The van der Waals surface area contributed by atoms with Crippen molar-refractivity contribution in [3.8, 4) is 0 Å². The summed E-state index contributed by atoms with van der Waals surface area (Å²) in [5.41, 5.74) is 2.65. The van der Waals surface area contributed by atoms with Crippen molar-refractivity contribution in [1.29, 1.82) is 0 Å². The van der Waals surface area contributed by atoms with Gasteiger partial charge in [-0.15, -0.1) is 5.10 Å². The lowest BCUT2D eigenvalue weighted by molar-refractivity contribution is -0.136. The molecule has 9 heteroatoms. The highest BCUT2D eigenvalue weighted by atomic mass is 16.5. The van der Waals surface area contributed by atoms with Crippen LogP contribution >= 0.6 is 0 Å². The summed E-state index contributed by atoms with van der Waals surface area (Å²) in [5.74, 6) is 0.228. The van der Waals surface area contributed by atoms with E-state index in [1.54, 1.807) is 11.0 Å². The van der Waals surface area contributed by atoms with Crippen LogP contribution in [0.1, 0.15) is 11.3 Å². The van der Waals surface area contributed by atoms with Gasteiger partial charge in [0.2, 0.25) is 11.9 Å². The van der Waals surface area contributed by atoms with Gasteiger partial charge in [0.1, 0.15) is 6.54 Å². The van der Waals surface area contributed by atoms with Gasteiger partial charge in [-0.3, -0.25) is 4.79 Å². The summed E-state index contributed by atoms with van der Waals surface area (Å²) in [6.07, 6.45) is 0. The molecule has 2 aromatic heterocycles. The van der Waals surface area contributed by atoms with E-state index < -0.39 is 5.69 Å². The molecule has 9 nitrogen and oxygen atoms in total. The molecule has 0 aliphatic carbocycles. The summed E-state index contributed by atoms with van der Waals surface area (Å²) in [6.45, 7) is 5.79. The zero-order chi connectivity index (χ0) is 19.7. The minimum absolute atomic E-state index is 0.108. The van der Waals surface area contributed by atoms with Crippen molar-refractivity contribution < 1.29 is 9.53 Å². The lowest BCUT2D eigenvalue weighted by atomic mass is 10.2. The first kappa shape index (κ1) is 18.2. The highest BCUT2D eigenvalue weighted by Crippen LogP contribution is 2.19. The number of carbonyl (C=O) groups is 1. The number of ether oxygens (including phenoxy) is 1. The Labute approximate surface area is 161 Å². The van der Waals surface area contributed by atoms with Gasteiger partial charge in [0.05, 0.1) is 13.2 Å². The van der Waals surface area contributed by atoms with Crippen LogP contribution in [0.5, 0.6) is 0 Å². The molecular weight excluding hydrogens is 360 g/mol. The molecule has 0 spiro atoms. The van der Waals surface area contributed by atoms with E-state index in [1.165, 1.54) is 9.08 Å². The second-order valence-corrected chi connectivity index (χ2v) is 6.79. The van der Waals surface area contributed by atoms with Gasteiger partial charge >= 0.3 is 5.69 Å². The SMILES string of the molecule is Cc1cc2nn(CC(=O)N3CCOCC3)c(=O)n2c(Nc2ccccc2C)n1. The second kappa shape index (κ2) is 7.43. The second-order valence-electron chi connectivity index (χ2n) is 6.79. The molecule has 1 N–H and O–H groups in total. The first-order valence-corrected chi connectivity index (χ1v) is 9.18. The fourth-order valence-electron chi connectivity index (χ4n) is 3.21. The zero-order valence-corrected chi connectivity index (χ0v) is 15.9. The van der Waals surface area contributed by atoms with Gasteiger partial charge in [-0.2, -0.15) is 0 Å². The number of rotatable bonds is 4. The number of nitrogens with one attached hydrogen (secondary N) is 1. The van der Waals surface area contributed by atoms with Crippen LogP contribution in [0, 0.1) is 13.8 Å². The predicted molar refractivity (Wildman–Crippen MR) is 104 cm³/mol. The summed E-state index contributed by atoms with van der Waals surface area (Å²) in [5, 5.41) is 7.55. The Morgan fingerprint density at radius 3 is 2.71 bits per heavy atom. The molecule has 1 aliphatic heterocycles. The van der Waals surface area contributed by atoms with Crippen LogP contribution in [0.15, 0.2) is 35.1 Å². The van der Waals surface area contributed by atoms with Gasteiger partial charge in [-0.1, -0.05) is 18.2 Å². The van der Waals surface area contributed by atoms with Crippen molar-refractivity contribution in [1.82, 2.24) is 24.1 Å². The maximum absolute atomic E-state index is 12.9. The third kappa shape index (κ3) is 3.48. The Bertz CT molecular complexity index is 1080. The Hall–Kier alpha value is -3.20. The zero-order valence-electron chi connectivity index (χ0n) is 15.9. The fourth-order valence-corrected chi connectivity index (χ4v) is 3.21. The lowest BCUT2D eigenvalue weighted by Crippen LogP contribution is -2.43. The van der Waals surface area contributed by atoms with Crippen LogP contribution < -0.4 is 11.0 Å². The van der Waals surface area contributed by atoms with E-state index in [9.17, 15) is 9.59 Å². The average Bonchev–Trinajstić information content (AvgIpc) is 2.99. The number of hydrogen-bond donors (Lipinski definition) is 1. The maximum Gasteiger partial charge on any atom is 0.353 e. The Kier molecular flexibility index (Phi) is 4.82. The monoisotopic (exact) mass is 382 g/mol. The highest BCUT2D eigenvalue weighted by Gasteiger charge is 2.20. The number of hydrogen-bond acceptors (Lipinski definition) is 6. The van der Waals surface area contributed by atoms with Crippen molar-refractivity contribution in [2.75, 3.05) is 31.6 Å². The molecule has 4 rings (SSSR count). The van der Waals surface area contributed by atoms with E-state index in [4.69, 9.17) is 4.74 Å². The number of para-hydroxylation sites is 1. The normalized spacial score (nSPS) is 14.4. The third-order valence-electron chi connectivity index (χ3n) is 4.74. The number of morpholine rings is 1. The summed E-state index contributed by atoms with van der Waals surface area (Å²) in [4.78, 5) is 31.6. The predicted octanol–water partition coefficient (Wildman–Crippen LogP) is 1.11. The van der Waals surface area contributed by atoms with E-state index in [2.05, 4.69) is 15.4 Å². The van der Waals surface area contributed by atoms with Crippen LogP contribution in [0.3, 0.4) is 0 Å². The molecule has 1 fully saturated rings. The maximum atomic E-state index is 12.9. The number of aryl methyl sites for hydroxylation is 2. The number of benzene rings is 1.